The van der Waals surface area contributed by atoms with Crippen LogP contribution in [0, 0.1) is 13.8 Å². The number of carbonyl (C=O) groups is 1. The topological polar surface area (TPSA) is 57.0 Å². The molecule has 2 aromatic carbocycles. The van der Waals surface area contributed by atoms with E-state index in [9.17, 15) is 4.79 Å². The maximum absolute atomic E-state index is 12.5. The molecule has 0 unspecified atom stereocenters. The van der Waals surface area contributed by atoms with E-state index < -0.39 is 0 Å². The molecule has 5 nitrogen and oxygen atoms in total. The highest BCUT2D eigenvalue weighted by Gasteiger charge is 2.15. The fraction of sp³-hybridized carbons (Fsp3) is 0.250. The Morgan fingerprint density at radius 2 is 1.85 bits per heavy atom. The summed E-state index contributed by atoms with van der Waals surface area (Å²) >= 11 is 1.40. The minimum Gasteiger partial charge on any atom is -0.497 e. The largest absolute Gasteiger partial charge is 0.497 e. The molecule has 0 saturated carbocycles. The monoisotopic (exact) mass is 367 g/mol. The van der Waals surface area contributed by atoms with Crippen LogP contribution in [0.4, 0.5) is 0 Å². The van der Waals surface area contributed by atoms with E-state index in [4.69, 9.17) is 4.74 Å². The standard InChI is InChI=1S/C20H21N3O2S/c1-13-5-10-17(14(2)11-13)18(24)12-26-20-22-21-19(23(20)3)15-6-8-16(25-4)9-7-15/h5-11H,12H2,1-4H3. The molecule has 134 valence electrons. The molecule has 0 fully saturated rings. The molecule has 0 aliphatic heterocycles. The fourth-order valence-corrected chi connectivity index (χ4v) is 3.56. The first-order chi connectivity index (χ1) is 12.5. The van der Waals surface area contributed by atoms with Crippen LogP contribution in [-0.4, -0.2) is 33.4 Å². The number of aryl methyl sites for hydroxylation is 2. The van der Waals surface area contributed by atoms with Crippen LogP contribution in [0.2, 0.25) is 0 Å². The Balaban J connectivity index is 1.72. The summed E-state index contributed by atoms with van der Waals surface area (Å²) in [7, 11) is 3.54. The van der Waals surface area contributed by atoms with Crippen LogP contribution in [0.1, 0.15) is 21.5 Å². The van der Waals surface area contributed by atoms with Gasteiger partial charge in [-0.25, -0.2) is 0 Å². The number of rotatable bonds is 6. The van der Waals surface area contributed by atoms with Crippen LogP contribution < -0.4 is 4.74 Å². The second-order valence-electron chi connectivity index (χ2n) is 6.12. The van der Waals surface area contributed by atoms with E-state index >= 15 is 0 Å². The Hall–Kier alpha value is -2.60. The van der Waals surface area contributed by atoms with Gasteiger partial charge in [0.25, 0.3) is 0 Å². The Morgan fingerprint density at radius 3 is 2.50 bits per heavy atom. The molecule has 3 rings (SSSR count). The first-order valence-corrected chi connectivity index (χ1v) is 9.25. The highest BCUT2D eigenvalue weighted by molar-refractivity contribution is 7.99. The van der Waals surface area contributed by atoms with E-state index in [1.54, 1.807) is 7.11 Å². The number of benzene rings is 2. The van der Waals surface area contributed by atoms with Crippen molar-refractivity contribution in [2.24, 2.45) is 7.05 Å². The summed E-state index contributed by atoms with van der Waals surface area (Å²) in [6.45, 7) is 3.99. The first kappa shape index (κ1) is 18.2. The molecule has 0 radical (unpaired) electrons. The molecule has 0 aliphatic carbocycles. The zero-order valence-corrected chi connectivity index (χ0v) is 16.1. The van der Waals surface area contributed by atoms with Crippen LogP contribution in [0.5, 0.6) is 5.75 Å². The van der Waals surface area contributed by atoms with Gasteiger partial charge in [0.05, 0.1) is 12.9 Å². The molecule has 1 heterocycles. The normalized spacial score (nSPS) is 10.8. The number of carbonyl (C=O) groups excluding carboxylic acids is 1. The van der Waals surface area contributed by atoms with Gasteiger partial charge in [0, 0.05) is 18.2 Å². The van der Waals surface area contributed by atoms with Crippen molar-refractivity contribution in [3.8, 4) is 17.1 Å². The second kappa shape index (κ2) is 7.74. The minimum absolute atomic E-state index is 0.0986. The molecule has 0 N–H and O–H groups in total. The summed E-state index contributed by atoms with van der Waals surface area (Å²) in [5.74, 6) is 1.98. The average Bonchev–Trinajstić information content (AvgIpc) is 3.00. The van der Waals surface area contributed by atoms with E-state index in [1.165, 1.54) is 11.8 Å². The summed E-state index contributed by atoms with van der Waals surface area (Å²) in [4.78, 5) is 12.5. The first-order valence-electron chi connectivity index (χ1n) is 8.26. The molecule has 26 heavy (non-hydrogen) atoms. The number of hydrogen-bond acceptors (Lipinski definition) is 5. The summed E-state index contributed by atoms with van der Waals surface area (Å²) in [5, 5.41) is 9.21. The molecule has 0 bridgehead atoms. The van der Waals surface area contributed by atoms with Gasteiger partial charge < -0.3 is 9.30 Å². The Bertz CT molecular complexity index is 933. The molecule has 0 amide bonds. The van der Waals surface area contributed by atoms with E-state index in [2.05, 4.69) is 10.2 Å². The number of nitrogens with zero attached hydrogens (tertiary/aromatic N) is 3. The molecular weight excluding hydrogens is 346 g/mol. The van der Waals surface area contributed by atoms with E-state index in [-0.39, 0.29) is 5.78 Å². The number of Topliss-reactive ketones (excluding diaryl/α,β-unsaturated/α-hetero) is 1. The van der Waals surface area contributed by atoms with Crippen LogP contribution >= 0.6 is 11.8 Å². The number of ketones is 1. The van der Waals surface area contributed by atoms with Gasteiger partial charge in [-0.05, 0) is 43.7 Å². The number of aromatic nitrogens is 3. The Morgan fingerprint density at radius 1 is 1.12 bits per heavy atom. The molecule has 6 heteroatoms. The van der Waals surface area contributed by atoms with Crippen LogP contribution in [0.15, 0.2) is 47.6 Å². The van der Waals surface area contributed by atoms with Crippen molar-refractivity contribution in [2.45, 2.75) is 19.0 Å². The van der Waals surface area contributed by atoms with Crippen molar-refractivity contribution in [2.75, 3.05) is 12.9 Å². The number of thioether (sulfide) groups is 1. The van der Waals surface area contributed by atoms with Gasteiger partial charge in [-0.2, -0.15) is 0 Å². The van der Waals surface area contributed by atoms with Crippen molar-refractivity contribution < 1.29 is 9.53 Å². The van der Waals surface area contributed by atoms with Gasteiger partial charge >= 0.3 is 0 Å². The molecule has 0 saturated heterocycles. The third-order valence-corrected chi connectivity index (χ3v) is 5.22. The van der Waals surface area contributed by atoms with Crippen LogP contribution in [0.25, 0.3) is 11.4 Å². The lowest BCUT2D eigenvalue weighted by Gasteiger charge is -2.07. The zero-order chi connectivity index (χ0) is 18.7. The third-order valence-electron chi connectivity index (χ3n) is 4.20. The molecular formula is C20H21N3O2S. The fourth-order valence-electron chi connectivity index (χ4n) is 2.77. The number of methoxy groups -OCH3 is 1. The summed E-state index contributed by atoms with van der Waals surface area (Å²) < 4.78 is 7.08. The van der Waals surface area contributed by atoms with Gasteiger partial charge in [0.2, 0.25) is 0 Å². The Labute approximate surface area is 157 Å². The summed E-state index contributed by atoms with van der Waals surface area (Å²) in [6.07, 6.45) is 0. The van der Waals surface area contributed by atoms with Gasteiger partial charge in [-0.3, -0.25) is 4.79 Å². The zero-order valence-electron chi connectivity index (χ0n) is 15.3. The van der Waals surface area contributed by atoms with Crippen molar-refractivity contribution in [3.05, 3.63) is 59.2 Å². The van der Waals surface area contributed by atoms with Crippen molar-refractivity contribution in [3.63, 3.8) is 0 Å². The highest BCUT2D eigenvalue weighted by atomic mass is 32.2. The molecule has 0 aliphatic rings. The molecule has 0 spiro atoms. The van der Waals surface area contributed by atoms with Crippen molar-refractivity contribution >= 4 is 17.5 Å². The van der Waals surface area contributed by atoms with Gasteiger partial charge in [0.1, 0.15) is 5.75 Å². The predicted molar refractivity (Wildman–Crippen MR) is 104 cm³/mol. The molecule has 3 aromatic rings. The van der Waals surface area contributed by atoms with Crippen LogP contribution in [0.3, 0.4) is 0 Å². The predicted octanol–water partition coefficient (Wildman–Crippen LogP) is 4.08. The number of ether oxygens (including phenoxy) is 1. The Kier molecular flexibility index (Phi) is 5.42. The lowest BCUT2D eigenvalue weighted by molar-refractivity contribution is 0.102. The summed E-state index contributed by atoms with van der Waals surface area (Å²) in [5.41, 5.74) is 3.88. The molecule has 0 atom stereocenters. The molecule has 1 aromatic heterocycles. The second-order valence-corrected chi connectivity index (χ2v) is 7.07. The minimum atomic E-state index is 0.0986. The lowest BCUT2D eigenvalue weighted by Crippen LogP contribution is -2.06. The SMILES string of the molecule is COc1ccc(-c2nnc(SCC(=O)c3ccc(C)cc3C)n2C)cc1. The van der Waals surface area contributed by atoms with Crippen LogP contribution in [-0.2, 0) is 7.05 Å². The maximum atomic E-state index is 12.5. The number of hydrogen-bond donors (Lipinski definition) is 0. The quantitative estimate of drug-likeness (QED) is 0.485. The van der Waals surface area contributed by atoms with Crippen molar-refractivity contribution in [1.82, 2.24) is 14.8 Å². The van der Waals surface area contributed by atoms with Gasteiger partial charge in [0.15, 0.2) is 16.8 Å². The average molecular weight is 367 g/mol. The van der Waals surface area contributed by atoms with Gasteiger partial charge in [-0.15, -0.1) is 10.2 Å². The highest BCUT2D eigenvalue weighted by Crippen LogP contribution is 2.25. The van der Waals surface area contributed by atoms with E-state index in [0.717, 1.165) is 33.8 Å². The van der Waals surface area contributed by atoms with E-state index in [1.807, 2.05) is 67.9 Å². The summed E-state index contributed by atoms with van der Waals surface area (Å²) in [6, 6.07) is 13.6. The van der Waals surface area contributed by atoms with E-state index in [0.29, 0.717) is 10.9 Å². The van der Waals surface area contributed by atoms with Gasteiger partial charge in [-0.1, -0.05) is 35.5 Å². The third kappa shape index (κ3) is 3.80. The smallest absolute Gasteiger partial charge is 0.191 e. The van der Waals surface area contributed by atoms with Crippen molar-refractivity contribution in [1.29, 1.82) is 0 Å². The maximum Gasteiger partial charge on any atom is 0.191 e. The lowest BCUT2D eigenvalue weighted by atomic mass is 10.0.